The average molecular weight is 368 g/mol. The average Bonchev–Trinajstić information content (AvgIpc) is 2.69. The second-order valence-corrected chi connectivity index (χ2v) is 6.38. The molecule has 8 heteroatoms. The number of anilines is 1. The highest BCUT2D eigenvalue weighted by molar-refractivity contribution is 5.78. The van der Waals surface area contributed by atoms with Crippen molar-refractivity contribution in [3.8, 4) is 5.75 Å². The zero-order valence-corrected chi connectivity index (χ0v) is 14.9. The molecule has 0 bridgehead atoms. The molecule has 2 N–H and O–H groups in total. The van der Waals surface area contributed by atoms with Gasteiger partial charge in [-0.05, 0) is 23.8 Å². The normalized spacial score (nSPS) is 14.5. The second kappa shape index (κ2) is 7.24. The molecule has 0 unspecified atom stereocenters. The Morgan fingerprint density at radius 3 is 2.59 bits per heavy atom. The van der Waals surface area contributed by atoms with Crippen LogP contribution >= 0.6 is 0 Å². The van der Waals surface area contributed by atoms with E-state index in [0.717, 1.165) is 35.8 Å². The minimum atomic E-state index is -0.537. The van der Waals surface area contributed by atoms with Crippen molar-refractivity contribution >= 4 is 16.7 Å². The Hall–Kier alpha value is -3.13. The summed E-state index contributed by atoms with van der Waals surface area (Å²) in [5.41, 5.74) is 2.38. The number of methoxy groups -OCH3 is 1. The summed E-state index contributed by atoms with van der Waals surface area (Å²) in [4.78, 5) is 35.5. The van der Waals surface area contributed by atoms with Crippen LogP contribution in [0.2, 0.25) is 0 Å². The maximum absolute atomic E-state index is 12.2. The molecular weight excluding hydrogens is 348 g/mol. The van der Waals surface area contributed by atoms with E-state index in [9.17, 15) is 9.59 Å². The summed E-state index contributed by atoms with van der Waals surface area (Å²) in [6.07, 6.45) is 0.561. The van der Waals surface area contributed by atoms with Gasteiger partial charge in [0, 0.05) is 19.5 Å². The lowest BCUT2D eigenvalue weighted by Gasteiger charge is -2.30. The van der Waals surface area contributed by atoms with Gasteiger partial charge in [0.2, 0.25) is 0 Å². The number of H-pyrrole nitrogens is 2. The topological polar surface area (TPSA) is 100 Å². The standard InChI is InChI=1S/C19H20N4O4/c1-26-13-4-2-12(3-5-13)10-14-16(23-6-8-27-9-7-23)11-15-17(20-14)18(24)22-19(25)21-15/h2-5,11H,6-10H2,1H3,(H2,21,22,24,25). The van der Waals surface area contributed by atoms with E-state index >= 15 is 0 Å². The lowest BCUT2D eigenvalue weighted by Crippen LogP contribution is -2.37. The lowest BCUT2D eigenvalue weighted by molar-refractivity contribution is 0.122. The van der Waals surface area contributed by atoms with Crippen LogP contribution in [0.3, 0.4) is 0 Å². The van der Waals surface area contributed by atoms with Crippen molar-refractivity contribution in [2.75, 3.05) is 38.3 Å². The van der Waals surface area contributed by atoms with Crippen molar-refractivity contribution in [3.05, 3.63) is 62.4 Å². The monoisotopic (exact) mass is 368 g/mol. The summed E-state index contributed by atoms with van der Waals surface area (Å²) in [5, 5.41) is 0. The molecule has 1 aromatic carbocycles. The number of hydrogen-bond acceptors (Lipinski definition) is 6. The number of nitrogens with zero attached hydrogens (tertiary/aromatic N) is 2. The molecule has 140 valence electrons. The molecule has 1 aliphatic rings. The van der Waals surface area contributed by atoms with Gasteiger partial charge in [-0.25, -0.2) is 9.78 Å². The molecule has 0 aliphatic carbocycles. The number of ether oxygens (including phenoxy) is 2. The smallest absolute Gasteiger partial charge is 0.326 e. The summed E-state index contributed by atoms with van der Waals surface area (Å²) < 4.78 is 10.6. The third-order valence-corrected chi connectivity index (χ3v) is 4.65. The lowest BCUT2D eigenvalue weighted by atomic mass is 10.1. The van der Waals surface area contributed by atoms with Gasteiger partial charge in [0.1, 0.15) is 5.75 Å². The van der Waals surface area contributed by atoms with E-state index in [1.807, 2.05) is 30.3 Å². The molecule has 0 amide bonds. The summed E-state index contributed by atoms with van der Waals surface area (Å²) >= 11 is 0. The van der Waals surface area contributed by atoms with Crippen LogP contribution < -0.4 is 20.9 Å². The van der Waals surface area contributed by atoms with Crippen molar-refractivity contribution in [1.29, 1.82) is 0 Å². The van der Waals surface area contributed by atoms with E-state index in [1.165, 1.54) is 0 Å². The highest BCUT2D eigenvalue weighted by Crippen LogP contribution is 2.26. The Bertz CT molecular complexity index is 1070. The van der Waals surface area contributed by atoms with Crippen LogP contribution in [0.4, 0.5) is 5.69 Å². The third kappa shape index (κ3) is 3.56. The van der Waals surface area contributed by atoms with Crippen LogP contribution in [0.15, 0.2) is 39.9 Å². The van der Waals surface area contributed by atoms with Crippen molar-refractivity contribution in [3.63, 3.8) is 0 Å². The van der Waals surface area contributed by atoms with Gasteiger partial charge < -0.3 is 19.4 Å². The van der Waals surface area contributed by atoms with Gasteiger partial charge in [-0.1, -0.05) is 12.1 Å². The van der Waals surface area contributed by atoms with E-state index in [-0.39, 0.29) is 5.52 Å². The number of pyridine rings is 1. The highest BCUT2D eigenvalue weighted by Gasteiger charge is 2.18. The van der Waals surface area contributed by atoms with Crippen molar-refractivity contribution in [2.24, 2.45) is 0 Å². The van der Waals surface area contributed by atoms with Crippen molar-refractivity contribution in [2.45, 2.75) is 6.42 Å². The molecule has 27 heavy (non-hydrogen) atoms. The first-order valence-corrected chi connectivity index (χ1v) is 8.76. The molecule has 0 radical (unpaired) electrons. The number of aromatic amines is 2. The molecule has 1 saturated heterocycles. The molecule has 8 nitrogen and oxygen atoms in total. The maximum atomic E-state index is 12.2. The summed E-state index contributed by atoms with van der Waals surface area (Å²) in [7, 11) is 1.63. The van der Waals surface area contributed by atoms with Crippen LogP contribution in [0.5, 0.6) is 5.75 Å². The van der Waals surface area contributed by atoms with E-state index in [2.05, 4.69) is 19.9 Å². The summed E-state index contributed by atoms with van der Waals surface area (Å²) in [5.74, 6) is 0.785. The summed E-state index contributed by atoms with van der Waals surface area (Å²) in [6, 6.07) is 9.59. The molecule has 2 aromatic heterocycles. The SMILES string of the molecule is COc1ccc(Cc2nc3c(=O)[nH]c(=O)[nH]c3cc2N2CCOCC2)cc1. The Morgan fingerprint density at radius 1 is 1.15 bits per heavy atom. The minimum absolute atomic E-state index is 0.232. The highest BCUT2D eigenvalue weighted by atomic mass is 16.5. The van der Waals surface area contributed by atoms with Gasteiger partial charge in [-0.2, -0.15) is 0 Å². The number of morpholine rings is 1. The minimum Gasteiger partial charge on any atom is -0.497 e. The number of aromatic nitrogens is 3. The predicted octanol–water partition coefficient (Wildman–Crippen LogP) is 1.05. The van der Waals surface area contributed by atoms with Gasteiger partial charge in [-0.3, -0.25) is 9.78 Å². The first kappa shape index (κ1) is 17.3. The van der Waals surface area contributed by atoms with E-state index in [4.69, 9.17) is 9.47 Å². The largest absolute Gasteiger partial charge is 0.497 e. The number of fused-ring (bicyclic) bond motifs is 1. The van der Waals surface area contributed by atoms with Crippen LogP contribution in [-0.2, 0) is 11.2 Å². The number of benzene rings is 1. The van der Waals surface area contributed by atoms with Crippen LogP contribution in [-0.4, -0.2) is 48.4 Å². The molecule has 0 saturated carbocycles. The fourth-order valence-corrected chi connectivity index (χ4v) is 3.27. The zero-order chi connectivity index (χ0) is 18.8. The molecule has 3 aromatic rings. The molecule has 0 spiro atoms. The number of nitrogens with one attached hydrogen (secondary N) is 2. The maximum Gasteiger partial charge on any atom is 0.326 e. The molecule has 3 heterocycles. The van der Waals surface area contributed by atoms with Gasteiger partial charge in [0.25, 0.3) is 5.56 Å². The van der Waals surface area contributed by atoms with Gasteiger partial charge in [0.15, 0.2) is 5.52 Å². The zero-order valence-electron chi connectivity index (χ0n) is 14.9. The van der Waals surface area contributed by atoms with E-state index < -0.39 is 11.2 Å². The van der Waals surface area contributed by atoms with Gasteiger partial charge >= 0.3 is 5.69 Å². The Labute approximate surface area is 154 Å². The Morgan fingerprint density at radius 2 is 1.89 bits per heavy atom. The molecule has 1 aliphatic heterocycles. The Balaban J connectivity index is 1.81. The van der Waals surface area contributed by atoms with Crippen molar-refractivity contribution < 1.29 is 9.47 Å². The van der Waals surface area contributed by atoms with E-state index in [0.29, 0.717) is 25.2 Å². The summed E-state index contributed by atoms with van der Waals surface area (Å²) in [6.45, 7) is 2.73. The Kier molecular flexibility index (Phi) is 4.64. The first-order chi connectivity index (χ1) is 13.1. The van der Waals surface area contributed by atoms with E-state index in [1.54, 1.807) is 7.11 Å². The quantitative estimate of drug-likeness (QED) is 0.714. The first-order valence-electron chi connectivity index (χ1n) is 8.76. The van der Waals surface area contributed by atoms with Crippen LogP contribution in [0.25, 0.3) is 11.0 Å². The van der Waals surface area contributed by atoms with Crippen LogP contribution in [0, 0.1) is 0 Å². The van der Waals surface area contributed by atoms with Crippen molar-refractivity contribution in [1.82, 2.24) is 15.0 Å². The molecule has 4 rings (SSSR count). The molecular formula is C19H20N4O4. The molecule has 1 fully saturated rings. The van der Waals surface area contributed by atoms with Crippen LogP contribution in [0.1, 0.15) is 11.3 Å². The fraction of sp³-hybridized carbons (Fsp3) is 0.316. The predicted molar refractivity (Wildman–Crippen MR) is 102 cm³/mol. The van der Waals surface area contributed by atoms with Gasteiger partial charge in [0.05, 0.1) is 37.2 Å². The molecule has 0 atom stereocenters. The third-order valence-electron chi connectivity index (χ3n) is 4.65. The second-order valence-electron chi connectivity index (χ2n) is 6.38. The fourth-order valence-electron chi connectivity index (χ4n) is 3.27. The number of hydrogen-bond donors (Lipinski definition) is 2. The van der Waals surface area contributed by atoms with Gasteiger partial charge in [-0.15, -0.1) is 0 Å². The number of rotatable bonds is 4.